The lowest BCUT2D eigenvalue weighted by atomic mass is 10.1. The summed E-state index contributed by atoms with van der Waals surface area (Å²) in [5.41, 5.74) is 0. The topological polar surface area (TPSA) is 32.3 Å². The summed E-state index contributed by atoms with van der Waals surface area (Å²) in [6, 6.07) is 0.682. The van der Waals surface area contributed by atoms with Gasteiger partial charge in [0.25, 0.3) is 0 Å². The Labute approximate surface area is 93.9 Å². The lowest BCUT2D eigenvalue weighted by molar-refractivity contribution is 0.142. The third-order valence-electron chi connectivity index (χ3n) is 2.74. The van der Waals surface area contributed by atoms with Crippen molar-refractivity contribution in [1.29, 1.82) is 0 Å². The van der Waals surface area contributed by atoms with Crippen LogP contribution in [0, 0.1) is 5.92 Å². The summed E-state index contributed by atoms with van der Waals surface area (Å²) in [6.07, 6.45) is 6.08. The molecular weight excluding hydrogens is 198 g/mol. The Kier molecular flexibility index (Phi) is 7.61. The van der Waals surface area contributed by atoms with E-state index in [-0.39, 0.29) is 18.5 Å². The van der Waals surface area contributed by atoms with Crippen LogP contribution in [0.15, 0.2) is 0 Å². The molecule has 0 aromatic heterocycles. The maximum atomic E-state index is 9.62. The van der Waals surface area contributed by atoms with Crippen molar-refractivity contribution in [2.45, 2.75) is 58.1 Å². The van der Waals surface area contributed by atoms with Crippen LogP contribution in [-0.4, -0.2) is 23.8 Å². The summed E-state index contributed by atoms with van der Waals surface area (Å²) in [5, 5.41) is 13.1. The highest BCUT2D eigenvalue weighted by molar-refractivity contribution is 5.85. The molecular formula is C11H24ClNO. The summed E-state index contributed by atoms with van der Waals surface area (Å²) in [5.74, 6) is 0.598. The van der Waals surface area contributed by atoms with E-state index in [4.69, 9.17) is 0 Å². The Hall–Kier alpha value is 0.210. The van der Waals surface area contributed by atoms with Gasteiger partial charge in [0.2, 0.25) is 0 Å². The lowest BCUT2D eigenvalue weighted by Gasteiger charge is -2.17. The summed E-state index contributed by atoms with van der Waals surface area (Å²) in [7, 11) is 0. The first-order valence-corrected chi connectivity index (χ1v) is 5.60. The molecule has 0 amide bonds. The first kappa shape index (κ1) is 14.2. The Bertz CT molecular complexity index is 135. The van der Waals surface area contributed by atoms with E-state index in [0.29, 0.717) is 12.0 Å². The van der Waals surface area contributed by atoms with Crippen molar-refractivity contribution >= 4 is 12.4 Å². The van der Waals surface area contributed by atoms with E-state index < -0.39 is 0 Å². The van der Waals surface area contributed by atoms with E-state index in [1.165, 1.54) is 25.7 Å². The highest BCUT2D eigenvalue weighted by Crippen LogP contribution is 2.17. The van der Waals surface area contributed by atoms with Gasteiger partial charge in [-0.25, -0.2) is 0 Å². The molecule has 1 aliphatic carbocycles. The Morgan fingerprint density at radius 3 is 2.36 bits per heavy atom. The zero-order valence-electron chi connectivity index (χ0n) is 9.33. The predicted octanol–water partition coefficient (Wildman–Crippen LogP) is 2.35. The fourth-order valence-corrected chi connectivity index (χ4v) is 2.06. The highest BCUT2D eigenvalue weighted by Gasteiger charge is 2.15. The summed E-state index contributed by atoms with van der Waals surface area (Å²) in [6.45, 7) is 5.08. The smallest absolute Gasteiger partial charge is 0.0667 e. The second-order valence-electron chi connectivity index (χ2n) is 4.67. The van der Waals surface area contributed by atoms with Crippen LogP contribution in [0.3, 0.4) is 0 Å². The van der Waals surface area contributed by atoms with E-state index >= 15 is 0 Å². The van der Waals surface area contributed by atoms with Gasteiger partial charge in [0, 0.05) is 12.6 Å². The maximum absolute atomic E-state index is 9.62. The number of nitrogens with one attached hydrogen (secondary N) is 1. The van der Waals surface area contributed by atoms with Gasteiger partial charge in [0.15, 0.2) is 0 Å². The Balaban J connectivity index is 0.00000169. The average molecular weight is 222 g/mol. The molecule has 1 saturated carbocycles. The maximum Gasteiger partial charge on any atom is 0.0667 e. The number of hydrogen-bond donors (Lipinski definition) is 2. The molecule has 1 aliphatic rings. The van der Waals surface area contributed by atoms with Gasteiger partial charge in [-0.3, -0.25) is 0 Å². The molecule has 86 valence electrons. The van der Waals surface area contributed by atoms with Gasteiger partial charge in [0.05, 0.1) is 6.10 Å². The zero-order chi connectivity index (χ0) is 9.68. The SMILES string of the molecule is CC(C)CC(O)CNC1CCCC1.Cl. The average Bonchev–Trinajstić information content (AvgIpc) is 2.51. The van der Waals surface area contributed by atoms with Crippen LogP contribution < -0.4 is 5.32 Å². The summed E-state index contributed by atoms with van der Waals surface area (Å²) in [4.78, 5) is 0. The lowest BCUT2D eigenvalue weighted by Crippen LogP contribution is -2.34. The number of halogens is 1. The third-order valence-corrected chi connectivity index (χ3v) is 2.74. The van der Waals surface area contributed by atoms with Gasteiger partial charge < -0.3 is 10.4 Å². The second-order valence-corrected chi connectivity index (χ2v) is 4.67. The number of rotatable bonds is 5. The van der Waals surface area contributed by atoms with E-state index in [9.17, 15) is 5.11 Å². The first-order chi connectivity index (χ1) is 6.18. The minimum absolute atomic E-state index is 0. The minimum Gasteiger partial charge on any atom is -0.392 e. The molecule has 14 heavy (non-hydrogen) atoms. The molecule has 3 heteroatoms. The van der Waals surface area contributed by atoms with Crippen molar-refractivity contribution in [2.24, 2.45) is 5.92 Å². The molecule has 0 aromatic carbocycles. The molecule has 1 unspecified atom stereocenters. The Morgan fingerprint density at radius 2 is 1.86 bits per heavy atom. The Morgan fingerprint density at radius 1 is 1.29 bits per heavy atom. The quantitative estimate of drug-likeness (QED) is 0.747. The largest absolute Gasteiger partial charge is 0.392 e. The van der Waals surface area contributed by atoms with Crippen molar-refractivity contribution in [1.82, 2.24) is 5.32 Å². The number of hydrogen-bond acceptors (Lipinski definition) is 2. The molecule has 1 atom stereocenters. The molecule has 0 spiro atoms. The standard InChI is InChI=1S/C11H23NO.ClH/c1-9(2)7-11(13)8-12-10-5-3-4-6-10;/h9-13H,3-8H2,1-2H3;1H. The summed E-state index contributed by atoms with van der Waals surface area (Å²) >= 11 is 0. The molecule has 0 aromatic rings. The molecule has 2 N–H and O–H groups in total. The van der Waals surface area contributed by atoms with Crippen LogP contribution >= 0.6 is 12.4 Å². The van der Waals surface area contributed by atoms with Gasteiger partial charge in [0.1, 0.15) is 0 Å². The first-order valence-electron chi connectivity index (χ1n) is 5.60. The van der Waals surface area contributed by atoms with Crippen LogP contribution in [0.2, 0.25) is 0 Å². The molecule has 1 fully saturated rings. The van der Waals surface area contributed by atoms with E-state index in [1.807, 2.05) is 0 Å². The second kappa shape index (κ2) is 7.49. The molecule has 1 rings (SSSR count). The van der Waals surface area contributed by atoms with Crippen LogP contribution in [-0.2, 0) is 0 Å². The number of aliphatic hydroxyl groups excluding tert-OH is 1. The molecule has 2 nitrogen and oxygen atoms in total. The minimum atomic E-state index is -0.152. The van der Waals surface area contributed by atoms with Crippen molar-refractivity contribution in [2.75, 3.05) is 6.54 Å². The summed E-state index contributed by atoms with van der Waals surface area (Å²) < 4.78 is 0. The van der Waals surface area contributed by atoms with E-state index in [0.717, 1.165) is 13.0 Å². The zero-order valence-corrected chi connectivity index (χ0v) is 10.1. The van der Waals surface area contributed by atoms with E-state index in [2.05, 4.69) is 19.2 Å². The molecule has 0 heterocycles. The van der Waals surface area contributed by atoms with Gasteiger partial charge in [-0.2, -0.15) is 0 Å². The van der Waals surface area contributed by atoms with E-state index in [1.54, 1.807) is 0 Å². The van der Waals surface area contributed by atoms with Crippen molar-refractivity contribution in [3.63, 3.8) is 0 Å². The van der Waals surface area contributed by atoms with Crippen molar-refractivity contribution < 1.29 is 5.11 Å². The van der Waals surface area contributed by atoms with Gasteiger partial charge in [-0.05, 0) is 25.2 Å². The van der Waals surface area contributed by atoms with Crippen LogP contribution in [0.1, 0.15) is 46.0 Å². The van der Waals surface area contributed by atoms with Gasteiger partial charge in [-0.15, -0.1) is 12.4 Å². The normalized spacial score (nSPS) is 19.7. The van der Waals surface area contributed by atoms with Crippen LogP contribution in [0.5, 0.6) is 0 Å². The monoisotopic (exact) mass is 221 g/mol. The molecule has 0 aliphatic heterocycles. The number of aliphatic hydroxyl groups is 1. The van der Waals surface area contributed by atoms with Crippen LogP contribution in [0.4, 0.5) is 0 Å². The highest BCUT2D eigenvalue weighted by atomic mass is 35.5. The molecule has 0 bridgehead atoms. The fourth-order valence-electron chi connectivity index (χ4n) is 2.06. The van der Waals surface area contributed by atoms with Crippen molar-refractivity contribution in [3.05, 3.63) is 0 Å². The van der Waals surface area contributed by atoms with Crippen LogP contribution in [0.25, 0.3) is 0 Å². The van der Waals surface area contributed by atoms with Crippen molar-refractivity contribution in [3.8, 4) is 0 Å². The fraction of sp³-hybridized carbons (Fsp3) is 1.00. The molecule has 0 saturated heterocycles. The molecule has 0 radical (unpaired) electrons. The van der Waals surface area contributed by atoms with Gasteiger partial charge in [-0.1, -0.05) is 26.7 Å². The third kappa shape index (κ3) is 5.84. The van der Waals surface area contributed by atoms with Gasteiger partial charge >= 0.3 is 0 Å². The predicted molar refractivity (Wildman–Crippen MR) is 63.0 cm³/mol.